The number of pyridine rings is 3. The van der Waals surface area contributed by atoms with Crippen LogP contribution in [0.25, 0.3) is 22.2 Å². The topological polar surface area (TPSA) is 67.8 Å². The van der Waals surface area contributed by atoms with E-state index in [2.05, 4.69) is 20.3 Å². The Balaban J connectivity index is 1.75. The quantitative estimate of drug-likeness (QED) is 0.579. The van der Waals surface area contributed by atoms with Gasteiger partial charge in [-0.25, -0.2) is 4.98 Å². The monoisotopic (exact) mass is 374 g/mol. The first-order valence-corrected chi connectivity index (χ1v) is 8.76. The van der Waals surface area contributed by atoms with Crippen LogP contribution in [0.15, 0.2) is 73.3 Å². The SMILES string of the molecule is O=C(NCc1cccnc1)c1cc(-c2ccncc2)nc2ccc(Cl)cc12. The number of carbonyl (C=O) groups is 1. The van der Waals surface area contributed by atoms with E-state index < -0.39 is 0 Å². The van der Waals surface area contributed by atoms with E-state index in [9.17, 15) is 4.79 Å². The molecule has 0 saturated heterocycles. The standard InChI is InChI=1S/C21H15ClN4O/c22-16-3-4-19-17(10-16)18(11-20(26-19)15-5-8-23-9-6-15)21(27)25-13-14-2-1-7-24-12-14/h1-12H,13H2,(H,25,27). The lowest BCUT2D eigenvalue weighted by Gasteiger charge is -2.11. The van der Waals surface area contributed by atoms with Crippen molar-refractivity contribution in [3.8, 4) is 11.3 Å². The van der Waals surface area contributed by atoms with Gasteiger partial charge < -0.3 is 5.32 Å². The van der Waals surface area contributed by atoms with Gasteiger partial charge in [-0.1, -0.05) is 17.7 Å². The highest BCUT2D eigenvalue weighted by molar-refractivity contribution is 6.31. The van der Waals surface area contributed by atoms with Crippen LogP contribution < -0.4 is 5.32 Å². The second-order valence-electron chi connectivity index (χ2n) is 6.00. The van der Waals surface area contributed by atoms with Crippen molar-refractivity contribution < 1.29 is 4.79 Å². The zero-order valence-electron chi connectivity index (χ0n) is 14.3. The molecule has 0 aliphatic heterocycles. The van der Waals surface area contributed by atoms with E-state index >= 15 is 0 Å². The van der Waals surface area contributed by atoms with Crippen LogP contribution in [0.3, 0.4) is 0 Å². The molecule has 4 aromatic rings. The van der Waals surface area contributed by atoms with E-state index in [0.29, 0.717) is 33.7 Å². The zero-order valence-corrected chi connectivity index (χ0v) is 15.0. The predicted octanol–water partition coefficient (Wildman–Crippen LogP) is 4.28. The number of hydrogen-bond donors (Lipinski definition) is 1. The van der Waals surface area contributed by atoms with Gasteiger partial charge >= 0.3 is 0 Å². The van der Waals surface area contributed by atoms with Crippen LogP contribution in [0.1, 0.15) is 15.9 Å². The maximum absolute atomic E-state index is 12.9. The number of carbonyl (C=O) groups excluding carboxylic acids is 1. The largest absolute Gasteiger partial charge is 0.348 e. The highest BCUT2D eigenvalue weighted by atomic mass is 35.5. The highest BCUT2D eigenvalue weighted by Crippen LogP contribution is 2.27. The minimum atomic E-state index is -0.191. The van der Waals surface area contributed by atoms with E-state index in [1.165, 1.54) is 0 Å². The van der Waals surface area contributed by atoms with Gasteiger partial charge in [0.05, 0.1) is 16.8 Å². The summed E-state index contributed by atoms with van der Waals surface area (Å²) in [6.45, 7) is 0.391. The first-order chi connectivity index (χ1) is 13.2. The van der Waals surface area contributed by atoms with Crippen LogP contribution in [-0.2, 0) is 6.54 Å². The average Bonchev–Trinajstić information content (AvgIpc) is 2.72. The van der Waals surface area contributed by atoms with Crippen LogP contribution in [0.2, 0.25) is 5.02 Å². The number of fused-ring (bicyclic) bond motifs is 1. The summed E-state index contributed by atoms with van der Waals surface area (Å²) < 4.78 is 0. The average molecular weight is 375 g/mol. The molecule has 0 radical (unpaired) electrons. The van der Waals surface area contributed by atoms with Crippen molar-refractivity contribution in [2.24, 2.45) is 0 Å². The van der Waals surface area contributed by atoms with E-state index in [1.54, 1.807) is 43.0 Å². The molecule has 4 rings (SSSR count). The fraction of sp³-hybridized carbons (Fsp3) is 0.0476. The van der Waals surface area contributed by atoms with Crippen molar-refractivity contribution in [1.82, 2.24) is 20.3 Å². The van der Waals surface area contributed by atoms with E-state index in [-0.39, 0.29) is 5.91 Å². The smallest absolute Gasteiger partial charge is 0.252 e. The number of amides is 1. The molecule has 5 nitrogen and oxygen atoms in total. The number of aromatic nitrogens is 3. The van der Waals surface area contributed by atoms with Crippen molar-refractivity contribution in [1.29, 1.82) is 0 Å². The van der Waals surface area contributed by atoms with Gasteiger partial charge in [0.15, 0.2) is 0 Å². The van der Waals surface area contributed by atoms with E-state index in [0.717, 1.165) is 11.1 Å². The second kappa shape index (κ2) is 7.51. The van der Waals surface area contributed by atoms with Gasteiger partial charge in [-0.05, 0) is 48.0 Å². The normalized spacial score (nSPS) is 10.7. The van der Waals surface area contributed by atoms with Gasteiger partial charge in [-0.3, -0.25) is 14.8 Å². The molecule has 1 aromatic carbocycles. The maximum atomic E-state index is 12.9. The summed E-state index contributed by atoms with van der Waals surface area (Å²) in [6, 6.07) is 14.6. The third-order valence-corrected chi connectivity index (χ3v) is 4.40. The van der Waals surface area contributed by atoms with Crippen molar-refractivity contribution in [2.75, 3.05) is 0 Å². The van der Waals surface area contributed by atoms with Crippen LogP contribution in [0.5, 0.6) is 0 Å². The number of nitrogens with one attached hydrogen (secondary N) is 1. The number of rotatable bonds is 4. The van der Waals surface area contributed by atoms with Gasteiger partial charge in [0.1, 0.15) is 0 Å². The number of benzene rings is 1. The lowest BCUT2D eigenvalue weighted by Crippen LogP contribution is -2.23. The Morgan fingerprint density at radius 1 is 1.00 bits per heavy atom. The van der Waals surface area contributed by atoms with Gasteiger partial charge in [-0.2, -0.15) is 0 Å². The summed E-state index contributed by atoms with van der Waals surface area (Å²) in [6.07, 6.45) is 6.82. The molecule has 27 heavy (non-hydrogen) atoms. The van der Waals surface area contributed by atoms with Crippen molar-refractivity contribution >= 4 is 28.4 Å². The Bertz CT molecular complexity index is 1100. The Kier molecular flexibility index (Phi) is 4.77. The molecule has 132 valence electrons. The summed E-state index contributed by atoms with van der Waals surface area (Å²) in [5.41, 5.74) is 3.76. The third-order valence-electron chi connectivity index (χ3n) is 4.17. The molecule has 0 bridgehead atoms. The maximum Gasteiger partial charge on any atom is 0.252 e. The van der Waals surface area contributed by atoms with Crippen LogP contribution >= 0.6 is 11.6 Å². The second-order valence-corrected chi connectivity index (χ2v) is 6.43. The molecule has 1 N–H and O–H groups in total. The molecule has 0 aliphatic carbocycles. The lowest BCUT2D eigenvalue weighted by atomic mass is 10.0. The molecule has 0 saturated carbocycles. The van der Waals surface area contributed by atoms with E-state index in [4.69, 9.17) is 11.6 Å². The highest BCUT2D eigenvalue weighted by Gasteiger charge is 2.14. The Morgan fingerprint density at radius 2 is 1.85 bits per heavy atom. The van der Waals surface area contributed by atoms with Crippen molar-refractivity contribution in [3.63, 3.8) is 0 Å². The molecule has 0 atom stereocenters. The van der Waals surface area contributed by atoms with Gasteiger partial charge in [0, 0.05) is 47.3 Å². The Morgan fingerprint density at radius 3 is 2.63 bits per heavy atom. The molecule has 0 fully saturated rings. The molecule has 6 heteroatoms. The summed E-state index contributed by atoms with van der Waals surface area (Å²) in [5, 5.41) is 4.21. The van der Waals surface area contributed by atoms with E-state index in [1.807, 2.05) is 30.3 Å². The minimum Gasteiger partial charge on any atom is -0.348 e. The molecule has 3 aromatic heterocycles. The molecule has 0 unspecified atom stereocenters. The summed E-state index contributed by atoms with van der Waals surface area (Å²) >= 11 is 6.15. The first-order valence-electron chi connectivity index (χ1n) is 8.38. The van der Waals surface area contributed by atoms with Crippen LogP contribution in [-0.4, -0.2) is 20.9 Å². The predicted molar refractivity (Wildman–Crippen MR) is 105 cm³/mol. The van der Waals surface area contributed by atoms with Gasteiger partial charge in [0.2, 0.25) is 0 Å². The summed E-state index contributed by atoms with van der Waals surface area (Å²) in [4.78, 5) is 25.7. The zero-order chi connectivity index (χ0) is 18.6. The molecular weight excluding hydrogens is 360 g/mol. The van der Waals surface area contributed by atoms with Crippen LogP contribution in [0.4, 0.5) is 0 Å². The number of halogens is 1. The fourth-order valence-electron chi connectivity index (χ4n) is 2.84. The summed E-state index contributed by atoms with van der Waals surface area (Å²) in [5.74, 6) is -0.191. The molecular formula is C21H15ClN4O. The minimum absolute atomic E-state index is 0.191. The van der Waals surface area contributed by atoms with Crippen molar-refractivity contribution in [3.05, 3.63) is 89.5 Å². The van der Waals surface area contributed by atoms with Gasteiger partial charge in [0.25, 0.3) is 5.91 Å². The fourth-order valence-corrected chi connectivity index (χ4v) is 3.01. The molecule has 1 amide bonds. The van der Waals surface area contributed by atoms with Crippen molar-refractivity contribution in [2.45, 2.75) is 6.54 Å². The molecule has 0 spiro atoms. The summed E-state index contributed by atoms with van der Waals surface area (Å²) in [7, 11) is 0. The Labute approximate surface area is 161 Å². The van der Waals surface area contributed by atoms with Crippen LogP contribution in [0, 0.1) is 0 Å². The number of nitrogens with zero attached hydrogens (tertiary/aromatic N) is 3. The van der Waals surface area contributed by atoms with Gasteiger partial charge in [-0.15, -0.1) is 0 Å². The molecule has 0 aliphatic rings. The lowest BCUT2D eigenvalue weighted by molar-refractivity contribution is 0.0952. The Hall–Kier alpha value is -3.31. The number of hydrogen-bond acceptors (Lipinski definition) is 4. The molecule has 3 heterocycles. The third kappa shape index (κ3) is 3.78. The first kappa shape index (κ1) is 17.1.